The Morgan fingerprint density at radius 1 is 1.35 bits per heavy atom. The lowest BCUT2D eigenvalue weighted by Gasteiger charge is -2.20. The van der Waals surface area contributed by atoms with E-state index in [2.05, 4.69) is 10.4 Å². The van der Waals surface area contributed by atoms with Gasteiger partial charge in [-0.3, -0.25) is 19.6 Å². The number of carbonyl (C=O) groups excluding carboxylic acids is 1. The number of aromatic nitrogens is 2. The van der Waals surface area contributed by atoms with Gasteiger partial charge in [-0.25, -0.2) is 0 Å². The molecule has 2 atom stereocenters. The number of benzene rings is 1. The molecule has 0 fully saturated rings. The Morgan fingerprint density at radius 2 is 2.08 bits per heavy atom. The molecule has 0 radical (unpaired) electrons. The molecule has 9 nitrogen and oxygen atoms in total. The molecule has 0 aliphatic heterocycles. The fourth-order valence-electron chi connectivity index (χ4n) is 2.52. The molecule has 0 spiro atoms. The van der Waals surface area contributed by atoms with Crippen molar-refractivity contribution in [3.8, 4) is 11.5 Å². The smallest absolute Gasteiger partial charge is 0.306 e. The Balaban J connectivity index is 2.04. The molecule has 1 heterocycles. The van der Waals surface area contributed by atoms with Crippen LogP contribution in [0.1, 0.15) is 25.5 Å². The van der Waals surface area contributed by atoms with Crippen LogP contribution < -0.4 is 14.8 Å². The standard InChI is InChI=1S/C17H22N4O5/c1-11(9-20-10-13(8-18-20)21(23)24)17(22)19-12(2)15-7-14(25-3)5-6-16(15)26-4/h5-8,10-12H,9H2,1-4H3,(H,19,22). The van der Waals surface area contributed by atoms with Gasteiger partial charge in [-0.1, -0.05) is 6.92 Å². The van der Waals surface area contributed by atoms with Gasteiger partial charge in [0.2, 0.25) is 5.91 Å². The summed E-state index contributed by atoms with van der Waals surface area (Å²) in [6.45, 7) is 3.82. The average molecular weight is 362 g/mol. The number of methoxy groups -OCH3 is 2. The summed E-state index contributed by atoms with van der Waals surface area (Å²) < 4.78 is 12.0. The summed E-state index contributed by atoms with van der Waals surface area (Å²) in [6.07, 6.45) is 2.46. The molecule has 0 saturated heterocycles. The van der Waals surface area contributed by atoms with E-state index in [0.29, 0.717) is 11.5 Å². The minimum absolute atomic E-state index is 0.105. The van der Waals surface area contributed by atoms with Crippen LogP contribution in [0.2, 0.25) is 0 Å². The maximum atomic E-state index is 12.5. The summed E-state index contributed by atoms with van der Waals surface area (Å²) in [5, 5.41) is 17.5. The first kappa shape index (κ1) is 19.2. The molecule has 1 N–H and O–H groups in total. The monoisotopic (exact) mass is 362 g/mol. The van der Waals surface area contributed by atoms with Crippen molar-refractivity contribution in [1.29, 1.82) is 0 Å². The fourth-order valence-corrected chi connectivity index (χ4v) is 2.52. The number of rotatable bonds is 8. The number of hydrogen-bond acceptors (Lipinski definition) is 6. The molecule has 1 aromatic heterocycles. The highest BCUT2D eigenvalue weighted by Gasteiger charge is 2.20. The summed E-state index contributed by atoms with van der Waals surface area (Å²) >= 11 is 0. The van der Waals surface area contributed by atoms with Crippen LogP contribution in [-0.2, 0) is 11.3 Å². The minimum atomic E-state index is -0.522. The van der Waals surface area contributed by atoms with Crippen molar-refractivity contribution in [2.75, 3.05) is 14.2 Å². The molecule has 2 rings (SSSR count). The highest BCUT2D eigenvalue weighted by molar-refractivity contribution is 5.78. The maximum Gasteiger partial charge on any atom is 0.306 e. The van der Waals surface area contributed by atoms with Crippen LogP contribution in [0.3, 0.4) is 0 Å². The van der Waals surface area contributed by atoms with E-state index >= 15 is 0 Å². The van der Waals surface area contributed by atoms with E-state index in [1.165, 1.54) is 10.9 Å². The molecular weight excluding hydrogens is 340 g/mol. The number of amides is 1. The second kappa shape index (κ2) is 8.32. The lowest BCUT2D eigenvalue weighted by atomic mass is 10.0. The van der Waals surface area contributed by atoms with Gasteiger partial charge in [0.25, 0.3) is 0 Å². The van der Waals surface area contributed by atoms with Crippen molar-refractivity contribution in [2.45, 2.75) is 26.4 Å². The van der Waals surface area contributed by atoms with Crippen LogP contribution >= 0.6 is 0 Å². The van der Waals surface area contributed by atoms with E-state index < -0.39 is 10.8 Å². The van der Waals surface area contributed by atoms with E-state index in [1.54, 1.807) is 33.3 Å². The Bertz CT molecular complexity index is 789. The average Bonchev–Trinajstić information content (AvgIpc) is 3.09. The van der Waals surface area contributed by atoms with E-state index in [0.717, 1.165) is 11.8 Å². The molecule has 0 aliphatic carbocycles. The number of ether oxygens (including phenoxy) is 2. The number of nitrogens with zero attached hydrogens (tertiary/aromatic N) is 3. The van der Waals surface area contributed by atoms with Gasteiger partial charge >= 0.3 is 5.69 Å². The topological polar surface area (TPSA) is 109 Å². The summed E-state index contributed by atoms with van der Waals surface area (Å²) in [6, 6.07) is 5.07. The van der Waals surface area contributed by atoms with Crippen molar-refractivity contribution < 1.29 is 19.2 Å². The summed E-state index contributed by atoms with van der Waals surface area (Å²) in [4.78, 5) is 22.6. The quantitative estimate of drug-likeness (QED) is 0.570. The van der Waals surface area contributed by atoms with Crippen LogP contribution in [0.15, 0.2) is 30.6 Å². The van der Waals surface area contributed by atoms with Gasteiger partial charge in [0.1, 0.15) is 23.9 Å². The second-order valence-corrected chi connectivity index (χ2v) is 5.92. The molecule has 2 unspecified atom stereocenters. The number of nitro groups is 1. The third-order valence-electron chi connectivity index (χ3n) is 4.00. The zero-order valence-corrected chi connectivity index (χ0v) is 15.1. The Morgan fingerprint density at radius 3 is 2.65 bits per heavy atom. The molecule has 1 amide bonds. The Kier molecular flexibility index (Phi) is 6.16. The van der Waals surface area contributed by atoms with Crippen LogP contribution in [0.4, 0.5) is 5.69 Å². The van der Waals surface area contributed by atoms with Gasteiger partial charge in [0.05, 0.1) is 37.6 Å². The Labute approximate surface area is 151 Å². The normalized spacial score (nSPS) is 12.9. The van der Waals surface area contributed by atoms with E-state index in [9.17, 15) is 14.9 Å². The lowest BCUT2D eigenvalue weighted by molar-refractivity contribution is -0.385. The molecule has 9 heteroatoms. The zero-order chi connectivity index (χ0) is 19.3. The number of carbonyl (C=O) groups is 1. The van der Waals surface area contributed by atoms with Crippen molar-refractivity contribution >= 4 is 11.6 Å². The van der Waals surface area contributed by atoms with Crippen LogP contribution in [0.5, 0.6) is 11.5 Å². The predicted octanol–water partition coefficient (Wildman–Crippen LogP) is 2.32. The summed E-state index contributed by atoms with van der Waals surface area (Å²) in [5.74, 6) is 0.696. The van der Waals surface area contributed by atoms with Crippen LogP contribution in [-0.4, -0.2) is 34.8 Å². The van der Waals surface area contributed by atoms with Gasteiger partial charge < -0.3 is 14.8 Å². The number of nitrogens with one attached hydrogen (secondary N) is 1. The Hall–Kier alpha value is -3.10. The maximum absolute atomic E-state index is 12.5. The molecule has 26 heavy (non-hydrogen) atoms. The third-order valence-corrected chi connectivity index (χ3v) is 4.00. The third kappa shape index (κ3) is 4.50. The molecule has 140 valence electrons. The SMILES string of the molecule is COc1ccc(OC)c(C(C)NC(=O)C(C)Cn2cc([N+](=O)[O-])cn2)c1. The van der Waals surface area contributed by atoms with E-state index in [1.807, 2.05) is 13.0 Å². The molecule has 2 aromatic rings. The van der Waals surface area contributed by atoms with Gasteiger partial charge in [-0.05, 0) is 25.1 Å². The van der Waals surface area contributed by atoms with E-state index in [-0.39, 0.29) is 24.2 Å². The summed E-state index contributed by atoms with van der Waals surface area (Å²) in [7, 11) is 3.13. The highest BCUT2D eigenvalue weighted by Crippen LogP contribution is 2.29. The summed E-state index contributed by atoms with van der Waals surface area (Å²) in [5.41, 5.74) is 0.689. The first-order chi connectivity index (χ1) is 12.3. The highest BCUT2D eigenvalue weighted by atomic mass is 16.6. The largest absolute Gasteiger partial charge is 0.497 e. The second-order valence-electron chi connectivity index (χ2n) is 5.92. The first-order valence-electron chi connectivity index (χ1n) is 8.04. The van der Waals surface area contributed by atoms with Crippen molar-refractivity contribution in [3.05, 3.63) is 46.3 Å². The minimum Gasteiger partial charge on any atom is -0.497 e. The van der Waals surface area contributed by atoms with Crippen molar-refractivity contribution in [1.82, 2.24) is 15.1 Å². The predicted molar refractivity (Wildman–Crippen MR) is 94.1 cm³/mol. The molecule has 0 aliphatic rings. The van der Waals surface area contributed by atoms with Gasteiger partial charge in [-0.15, -0.1) is 0 Å². The van der Waals surface area contributed by atoms with Gasteiger partial charge in [0.15, 0.2) is 0 Å². The van der Waals surface area contributed by atoms with Crippen molar-refractivity contribution in [2.24, 2.45) is 5.92 Å². The molecule has 0 bridgehead atoms. The number of hydrogen-bond donors (Lipinski definition) is 1. The van der Waals surface area contributed by atoms with Crippen LogP contribution in [0, 0.1) is 16.0 Å². The van der Waals surface area contributed by atoms with Crippen LogP contribution in [0.25, 0.3) is 0 Å². The van der Waals surface area contributed by atoms with Gasteiger partial charge in [0, 0.05) is 5.56 Å². The van der Waals surface area contributed by atoms with E-state index in [4.69, 9.17) is 9.47 Å². The van der Waals surface area contributed by atoms with Crippen molar-refractivity contribution in [3.63, 3.8) is 0 Å². The molecular formula is C17H22N4O5. The lowest BCUT2D eigenvalue weighted by Crippen LogP contribution is -2.33. The van der Waals surface area contributed by atoms with Gasteiger partial charge in [-0.2, -0.15) is 5.10 Å². The molecule has 1 aromatic carbocycles. The molecule has 0 saturated carbocycles. The fraction of sp³-hybridized carbons (Fsp3) is 0.412. The first-order valence-corrected chi connectivity index (χ1v) is 8.04. The zero-order valence-electron chi connectivity index (χ0n) is 15.1.